The molecule has 8 nitrogen and oxygen atoms in total. The minimum absolute atomic E-state index is 0.0470. The highest BCUT2D eigenvalue weighted by atomic mass is 35.5. The molecule has 40 heavy (non-hydrogen) atoms. The van der Waals surface area contributed by atoms with Gasteiger partial charge in [0.05, 0.1) is 16.6 Å². The van der Waals surface area contributed by atoms with Crippen molar-refractivity contribution in [3.63, 3.8) is 0 Å². The Balaban J connectivity index is 1.40. The maximum absolute atomic E-state index is 13.8. The van der Waals surface area contributed by atoms with Crippen LogP contribution in [0.3, 0.4) is 0 Å². The molecule has 3 amide bonds. The van der Waals surface area contributed by atoms with E-state index < -0.39 is 45.5 Å². The Morgan fingerprint density at radius 3 is 2.30 bits per heavy atom. The van der Waals surface area contributed by atoms with Crippen LogP contribution in [0.25, 0.3) is 0 Å². The highest BCUT2D eigenvalue weighted by Crippen LogP contribution is 2.53. The summed E-state index contributed by atoms with van der Waals surface area (Å²) in [5.74, 6) is -3.31. The molecule has 1 aromatic heterocycles. The lowest BCUT2D eigenvalue weighted by Gasteiger charge is -2.30. The predicted molar refractivity (Wildman–Crippen MR) is 151 cm³/mol. The number of benzene rings is 3. The summed E-state index contributed by atoms with van der Waals surface area (Å²) in [6.45, 7) is -0.312. The van der Waals surface area contributed by atoms with Crippen molar-refractivity contribution >= 4 is 63.8 Å². The molecule has 0 spiro atoms. The van der Waals surface area contributed by atoms with Crippen LogP contribution in [0, 0.1) is 11.7 Å². The Bertz CT molecular complexity index is 1700. The normalized spacial score (nSPS) is 19.9. The number of anilines is 2. The van der Waals surface area contributed by atoms with E-state index in [0.29, 0.717) is 26.2 Å². The summed E-state index contributed by atoms with van der Waals surface area (Å²) >= 11 is 8.14. The van der Waals surface area contributed by atoms with E-state index in [1.807, 2.05) is 0 Å². The van der Waals surface area contributed by atoms with Gasteiger partial charge in [0.15, 0.2) is 0 Å². The lowest BCUT2D eigenvalue weighted by atomic mass is 9.83. The van der Waals surface area contributed by atoms with Gasteiger partial charge >= 0.3 is 4.87 Å². The first-order valence-electron chi connectivity index (χ1n) is 12.1. The molecule has 0 aliphatic carbocycles. The van der Waals surface area contributed by atoms with Gasteiger partial charge < -0.3 is 10.4 Å². The monoisotopic (exact) mass is 595 g/mol. The Hall–Kier alpha value is -3.93. The molecule has 0 bridgehead atoms. The van der Waals surface area contributed by atoms with Crippen LogP contribution < -0.4 is 15.1 Å². The summed E-state index contributed by atoms with van der Waals surface area (Å²) in [6.07, 6.45) is 0. The predicted octanol–water partition coefficient (Wildman–Crippen LogP) is 4.84. The molecule has 202 valence electrons. The van der Waals surface area contributed by atoms with Crippen LogP contribution in [0.15, 0.2) is 82.6 Å². The van der Waals surface area contributed by atoms with Gasteiger partial charge in [-0.2, -0.15) is 0 Å². The number of hydrogen-bond acceptors (Lipinski definition) is 7. The maximum Gasteiger partial charge on any atom is 0.308 e. The van der Waals surface area contributed by atoms with Crippen LogP contribution >= 0.6 is 34.7 Å². The van der Waals surface area contributed by atoms with Crippen molar-refractivity contribution in [1.82, 2.24) is 4.57 Å². The topological polar surface area (TPSA) is 109 Å². The zero-order valence-corrected chi connectivity index (χ0v) is 22.8. The number of phenols is 1. The third-order valence-electron chi connectivity index (χ3n) is 6.82. The summed E-state index contributed by atoms with van der Waals surface area (Å²) in [4.78, 5) is 54.8. The Morgan fingerprint density at radius 2 is 1.62 bits per heavy atom. The third-order valence-corrected chi connectivity index (χ3v) is 9.67. The average Bonchev–Trinajstić information content (AvgIpc) is 3.37. The second-order valence-corrected chi connectivity index (χ2v) is 11.9. The van der Waals surface area contributed by atoms with Crippen LogP contribution in [0.2, 0.25) is 5.02 Å². The van der Waals surface area contributed by atoms with E-state index in [0.717, 1.165) is 28.0 Å². The van der Waals surface area contributed by atoms with E-state index in [-0.39, 0.29) is 18.0 Å². The fourth-order valence-corrected chi connectivity index (χ4v) is 7.92. The molecule has 6 rings (SSSR count). The number of nitrogens with zero attached hydrogens (tertiary/aromatic N) is 2. The van der Waals surface area contributed by atoms with Gasteiger partial charge in [0, 0.05) is 21.5 Å². The summed E-state index contributed by atoms with van der Waals surface area (Å²) < 4.78 is 14.9. The number of aromatic hydroxyl groups is 1. The molecule has 2 N–H and O–H groups in total. The number of rotatable bonds is 5. The fraction of sp³-hybridized carbons (Fsp3) is 0.143. The Labute approximate surface area is 240 Å². The van der Waals surface area contributed by atoms with Crippen molar-refractivity contribution in [3.8, 4) is 5.75 Å². The van der Waals surface area contributed by atoms with Crippen LogP contribution in [-0.4, -0.2) is 32.6 Å². The second kappa shape index (κ2) is 10.2. The molecule has 12 heteroatoms. The Kier molecular flexibility index (Phi) is 6.73. The summed E-state index contributed by atoms with van der Waals surface area (Å²) in [7, 11) is 0. The van der Waals surface area contributed by atoms with E-state index in [1.165, 1.54) is 53.1 Å². The fourth-order valence-electron chi connectivity index (χ4n) is 5.02. The molecule has 1 saturated heterocycles. The minimum Gasteiger partial charge on any atom is -0.508 e. The van der Waals surface area contributed by atoms with Crippen molar-refractivity contribution in [3.05, 3.63) is 104 Å². The molecule has 0 radical (unpaired) electrons. The average molecular weight is 596 g/mol. The molecule has 0 unspecified atom stereocenters. The molecule has 3 aromatic carbocycles. The van der Waals surface area contributed by atoms with Crippen LogP contribution in [0.4, 0.5) is 15.8 Å². The molecule has 1 fully saturated rings. The summed E-state index contributed by atoms with van der Waals surface area (Å²) in [5.41, 5.74) is 1.40. The Morgan fingerprint density at radius 1 is 0.950 bits per heavy atom. The van der Waals surface area contributed by atoms with E-state index in [9.17, 15) is 28.7 Å². The van der Waals surface area contributed by atoms with Gasteiger partial charge in [-0.3, -0.25) is 23.7 Å². The maximum atomic E-state index is 13.8. The highest BCUT2D eigenvalue weighted by Gasteiger charge is 2.56. The smallest absolute Gasteiger partial charge is 0.308 e. The number of carbonyl (C=O) groups is 3. The number of hydrogen-bond donors (Lipinski definition) is 2. The third kappa shape index (κ3) is 4.59. The number of carbonyl (C=O) groups excluding carboxylic acids is 3. The van der Waals surface area contributed by atoms with Crippen molar-refractivity contribution in [2.75, 3.05) is 10.2 Å². The molecular formula is C28H19ClFN3O5S2. The lowest BCUT2D eigenvalue weighted by molar-refractivity contribution is -0.122. The van der Waals surface area contributed by atoms with Crippen molar-refractivity contribution in [2.45, 2.75) is 22.7 Å². The van der Waals surface area contributed by atoms with E-state index in [1.54, 1.807) is 24.3 Å². The van der Waals surface area contributed by atoms with Crippen molar-refractivity contribution in [1.29, 1.82) is 0 Å². The van der Waals surface area contributed by atoms with Gasteiger partial charge in [0.25, 0.3) is 0 Å². The second-order valence-electron chi connectivity index (χ2n) is 9.30. The molecule has 2 aliphatic heterocycles. The molecule has 0 saturated carbocycles. The van der Waals surface area contributed by atoms with Gasteiger partial charge in [0.1, 0.15) is 23.4 Å². The molecule has 3 atom stereocenters. The number of thiazole rings is 1. The van der Waals surface area contributed by atoms with E-state index >= 15 is 0 Å². The number of fused-ring (bicyclic) bond motifs is 2. The summed E-state index contributed by atoms with van der Waals surface area (Å²) in [5, 5.41) is 12.2. The number of imide groups is 1. The standard InChI is InChI=1S/C28H19ClFN3O5S2/c29-15-3-1-14(2-4-15)21-22-23(26(37)33(25(22)36)18-9-5-16(30)6-10-18)39-27-24(21)40-28(38)32(27)13-20(35)31-17-7-11-19(34)12-8-17/h1-12,21-23,34H,13H2,(H,31,35)/t21-,22-,23+/m0/s1. The van der Waals surface area contributed by atoms with E-state index in [2.05, 4.69) is 5.32 Å². The van der Waals surface area contributed by atoms with Crippen molar-refractivity contribution < 1.29 is 23.9 Å². The van der Waals surface area contributed by atoms with Gasteiger partial charge in [-0.1, -0.05) is 46.8 Å². The summed E-state index contributed by atoms with van der Waals surface area (Å²) in [6, 6.07) is 17.9. The number of nitrogens with one attached hydrogen (secondary N) is 1. The first-order valence-corrected chi connectivity index (χ1v) is 14.2. The highest BCUT2D eigenvalue weighted by molar-refractivity contribution is 8.00. The molecule has 2 aliphatic rings. The number of phenolic OH excluding ortho intramolecular Hbond substituents is 1. The van der Waals surface area contributed by atoms with Gasteiger partial charge in [-0.05, 0) is 66.2 Å². The van der Waals surface area contributed by atoms with Crippen LogP contribution in [0.1, 0.15) is 16.4 Å². The molecule has 3 heterocycles. The first-order chi connectivity index (χ1) is 19.2. The molecular weight excluding hydrogens is 577 g/mol. The van der Waals surface area contributed by atoms with Gasteiger partial charge in [-0.15, -0.1) is 0 Å². The quantitative estimate of drug-likeness (QED) is 0.252. The largest absolute Gasteiger partial charge is 0.508 e. The van der Waals surface area contributed by atoms with Crippen LogP contribution in [0.5, 0.6) is 5.75 Å². The van der Waals surface area contributed by atoms with Crippen LogP contribution in [-0.2, 0) is 20.9 Å². The SMILES string of the molecule is O=C(Cn1c2c(sc1=O)[C@@H](c1ccc(Cl)cc1)[C@@H]1C(=O)N(c3ccc(F)cc3)C(=O)[C@@H]1S2)Nc1ccc(O)cc1. The first kappa shape index (κ1) is 26.3. The number of amides is 3. The van der Waals surface area contributed by atoms with Gasteiger partial charge in [0.2, 0.25) is 17.7 Å². The zero-order valence-electron chi connectivity index (χ0n) is 20.4. The number of aromatic nitrogens is 1. The number of thioether (sulfide) groups is 1. The lowest BCUT2D eigenvalue weighted by Crippen LogP contribution is -2.33. The number of halogens is 2. The van der Waals surface area contributed by atoms with Crippen molar-refractivity contribution in [2.24, 2.45) is 5.92 Å². The van der Waals surface area contributed by atoms with E-state index in [4.69, 9.17) is 11.6 Å². The zero-order chi connectivity index (χ0) is 28.1. The van der Waals surface area contributed by atoms with Gasteiger partial charge in [-0.25, -0.2) is 9.29 Å². The minimum atomic E-state index is -0.869. The molecule has 4 aromatic rings.